The smallest absolute Gasteiger partial charge is 0.264 e. The molecule has 11 heteroatoms. The molecule has 0 spiro atoms. The molecule has 2 aromatic heterocycles. The molecule has 6 rings (SSSR count). The summed E-state index contributed by atoms with van der Waals surface area (Å²) in [5, 5.41) is 0. The highest BCUT2D eigenvalue weighted by Crippen LogP contribution is 2.32. The molecule has 2 atom stereocenters. The fourth-order valence-corrected chi connectivity index (χ4v) is 7.43. The monoisotopic (exact) mass is 669 g/mol. The third-order valence-corrected chi connectivity index (χ3v) is 10.1. The maximum Gasteiger partial charge on any atom is 0.264 e. The van der Waals surface area contributed by atoms with Crippen LogP contribution in [0.1, 0.15) is 85.3 Å². The highest BCUT2D eigenvalue weighted by atomic mass is 32.2. The van der Waals surface area contributed by atoms with Crippen molar-refractivity contribution in [3.05, 3.63) is 94.8 Å². The van der Waals surface area contributed by atoms with Gasteiger partial charge in [-0.15, -0.1) is 0 Å². The number of amides is 1. The van der Waals surface area contributed by atoms with Crippen LogP contribution in [0.4, 0.5) is 5.95 Å². The van der Waals surface area contributed by atoms with E-state index in [1.54, 1.807) is 23.1 Å². The molecule has 0 radical (unpaired) electrons. The summed E-state index contributed by atoms with van der Waals surface area (Å²) in [4.78, 5) is 29.9. The lowest BCUT2D eigenvalue weighted by atomic mass is 9.87. The Balaban J connectivity index is 1.43. The average Bonchev–Trinajstić information content (AvgIpc) is 3.05. The van der Waals surface area contributed by atoms with Gasteiger partial charge in [0, 0.05) is 30.0 Å². The molecule has 4 aromatic rings. The van der Waals surface area contributed by atoms with Crippen LogP contribution in [0.2, 0.25) is 0 Å². The molecular formula is C37H43N5O5S. The predicted octanol–water partition coefficient (Wildman–Crippen LogP) is 7.04. The molecule has 10 nitrogen and oxygen atoms in total. The second-order valence-electron chi connectivity index (χ2n) is 13.9. The van der Waals surface area contributed by atoms with Crippen molar-refractivity contribution in [2.45, 2.75) is 83.9 Å². The van der Waals surface area contributed by atoms with Crippen LogP contribution < -0.4 is 9.46 Å². The first-order valence-electron chi connectivity index (χ1n) is 16.4. The predicted molar refractivity (Wildman–Crippen MR) is 184 cm³/mol. The number of fused-ring (bicyclic) bond motifs is 4. The van der Waals surface area contributed by atoms with E-state index in [0.717, 1.165) is 48.1 Å². The van der Waals surface area contributed by atoms with Gasteiger partial charge in [0.2, 0.25) is 11.8 Å². The van der Waals surface area contributed by atoms with Crippen LogP contribution in [0.5, 0.6) is 5.88 Å². The fraction of sp³-hybridized carbons (Fsp3) is 0.405. The zero-order valence-electron chi connectivity index (χ0n) is 28.2. The van der Waals surface area contributed by atoms with Gasteiger partial charge in [0.15, 0.2) is 0 Å². The van der Waals surface area contributed by atoms with Crippen LogP contribution in [0.15, 0.2) is 71.8 Å². The minimum absolute atomic E-state index is 0.0268. The largest absolute Gasteiger partial charge is 0.475 e. The van der Waals surface area contributed by atoms with Gasteiger partial charge in [0.1, 0.15) is 6.61 Å². The summed E-state index contributed by atoms with van der Waals surface area (Å²) in [7, 11) is -4.16. The second-order valence-corrected chi connectivity index (χ2v) is 15.6. The Bertz CT molecular complexity index is 1880. The second kappa shape index (κ2) is 13.6. The van der Waals surface area contributed by atoms with Crippen molar-refractivity contribution in [3.63, 3.8) is 0 Å². The van der Waals surface area contributed by atoms with Crippen molar-refractivity contribution in [3.8, 4) is 17.1 Å². The first-order valence-corrected chi connectivity index (χ1v) is 17.9. The molecule has 0 saturated carbocycles. The number of nitrogens with zero attached hydrogens (tertiary/aromatic N) is 4. The minimum atomic E-state index is -4.16. The number of aryl methyl sites for hydroxylation is 2. The topological polar surface area (TPSA) is 124 Å². The number of carbonyl (C=O) groups excluding carboxylic acids is 1. The SMILES string of the molecule is Cc1cccc(C)c1-c1cc2nc(n1)NS(=O)(=O)c1cccc(c1)C(=O)N(Cc1ccc(C3CCCCO3)cn1)[C@H](CC(C)(C)C)CO2. The van der Waals surface area contributed by atoms with Gasteiger partial charge in [0.25, 0.3) is 15.9 Å². The molecule has 252 valence electrons. The number of hydrogen-bond donors (Lipinski definition) is 1. The number of nitrogens with one attached hydrogen (secondary N) is 1. The molecule has 0 aliphatic carbocycles. The van der Waals surface area contributed by atoms with Crippen molar-refractivity contribution in [1.82, 2.24) is 19.9 Å². The minimum Gasteiger partial charge on any atom is -0.475 e. The third kappa shape index (κ3) is 7.68. The van der Waals surface area contributed by atoms with Crippen LogP contribution in [-0.2, 0) is 21.3 Å². The van der Waals surface area contributed by atoms with Crippen LogP contribution in [0.25, 0.3) is 11.3 Å². The molecule has 1 unspecified atom stereocenters. The number of hydrogen-bond acceptors (Lipinski definition) is 8. The van der Waals surface area contributed by atoms with E-state index in [2.05, 4.69) is 35.5 Å². The molecule has 1 saturated heterocycles. The van der Waals surface area contributed by atoms with Gasteiger partial charge < -0.3 is 14.4 Å². The van der Waals surface area contributed by atoms with Gasteiger partial charge in [-0.2, -0.15) is 4.98 Å². The van der Waals surface area contributed by atoms with E-state index >= 15 is 0 Å². The Morgan fingerprint density at radius 2 is 1.75 bits per heavy atom. The molecule has 1 amide bonds. The Labute approximate surface area is 283 Å². The van der Waals surface area contributed by atoms with Crippen molar-refractivity contribution in [2.75, 3.05) is 17.9 Å². The van der Waals surface area contributed by atoms with Crippen molar-refractivity contribution >= 4 is 21.9 Å². The number of anilines is 1. The normalized spacial score (nSPS) is 19.7. The number of benzene rings is 2. The molecule has 2 aromatic carbocycles. The van der Waals surface area contributed by atoms with Crippen LogP contribution in [0, 0.1) is 19.3 Å². The van der Waals surface area contributed by atoms with Gasteiger partial charge in [-0.1, -0.05) is 51.1 Å². The summed E-state index contributed by atoms with van der Waals surface area (Å²) in [6, 6.07) is 17.3. The molecule has 2 aliphatic heterocycles. The van der Waals surface area contributed by atoms with Gasteiger partial charge >= 0.3 is 0 Å². The summed E-state index contributed by atoms with van der Waals surface area (Å²) in [6.07, 6.45) is 5.61. The van der Waals surface area contributed by atoms with Gasteiger partial charge in [0.05, 0.1) is 35.0 Å². The van der Waals surface area contributed by atoms with E-state index < -0.39 is 16.1 Å². The highest BCUT2D eigenvalue weighted by molar-refractivity contribution is 7.92. The van der Waals surface area contributed by atoms with E-state index in [0.29, 0.717) is 17.8 Å². The average molecular weight is 670 g/mol. The number of sulfonamides is 1. The molecule has 1 fully saturated rings. The number of rotatable bonds is 5. The van der Waals surface area contributed by atoms with E-state index in [9.17, 15) is 13.2 Å². The zero-order chi connectivity index (χ0) is 34.1. The van der Waals surface area contributed by atoms with E-state index in [4.69, 9.17) is 14.5 Å². The fourth-order valence-electron chi connectivity index (χ4n) is 6.44. The maximum atomic E-state index is 14.4. The zero-order valence-corrected chi connectivity index (χ0v) is 29.0. The Hall–Kier alpha value is -4.35. The Morgan fingerprint density at radius 1 is 0.979 bits per heavy atom. The maximum absolute atomic E-state index is 14.4. The molecule has 4 bridgehead atoms. The summed E-state index contributed by atoms with van der Waals surface area (Å²) >= 11 is 0. The number of ether oxygens (including phenoxy) is 2. The molecule has 2 aliphatic rings. The third-order valence-electron chi connectivity index (χ3n) is 8.76. The van der Waals surface area contributed by atoms with E-state index in [1.807, 2.05) is 50.4 Å². The summed E-state index contributed by atoms with van der Waals surface area (Å²) in [5.74, 6) is -0.233. The molecule has 4 heterocycles. The molecule has 48 heavy (non-hydrogen) atoms. The quantitative estimate of drug-likeness (QED) is 0.240. The van der Waals surface area contributed by atoms with Crippen molar-refractivity contribution < 1.29 is 22.7 Å². The van der Waals surface area contributed by atoms with Gasteiger partial charge in [-0.05, 0) is 85.9 Å². The van der Waals surface area contributed by atoms with Gasteiger partial charge in [-0.3, -0.25) is 9.78 Å². The number of carbonyl (C=O) groups is 1. The summed E-state index contributed by atoms with van der Waals surface area (Å²) < 4.78 is 42.2. The summed E-state index contributed by atoms with van der Waals surface area (Å²) in [5.41, 5.74) is 5.16. The Kier molecular flexibility index (Phi) is 9.53. The number of pyridine rings is 1. The van der Waals surface area contributed by atoms with Crippen LogP contribution in [-0.4, -0.2) is 53.4 Å². The van der Waals surface area contributed by atoms with Gasteiger partial charge in [-0.25, -0.2) is 18.1 Å². The summed E-state index contributed by atoms with van der Waals surface area (Å²) in [6.45, 7) is 11.4. The van der Waals surface area contributed by atoms with Crippen molar-refractivity contribution in [2.24, 2.45) is 5.41 Å². The molecular weight excluding hydrogens is 627 g/mol. The first-order chi connectivity index (χ1) is 22.9. The van der Waals surface area contributed by atoms with Crippen molar-refractivity contribution in [1.29, 1.82) is 0 Å². The van der Waals surface area contributed by atoms with Crippen LogP contribution in [0.3, 0.4) is 0 Å². The van der Waals surface area contributed by atoms with E-state index in [-0.39, 0.29) is 52.9 Å². The lowest BCUT2D eigenvalue weighted by Gasteiger charge is -2.35. The lowest BCUT2D eigenvalue weighted by Crippen LogP contribution is -2.45. The van der Waals surface area contributed by atoms with Crippen LogP contribution >= 0.6 is 0 Å². The molecule has 1 N–H and O–H groups in total. The lowest BCUT2D eigenvalue weighted by molar-refractivity contribution is 0.0147. The standard InChI is InChI=1S/C37H43N5O5S/c1-24-10-8-11-25(2)34(24)31-19-33-40-36(39-31)41-48(44,45)30-13-9-12-26(18-30)35(43)42(29(23-47-33)20-37(3,4)5)22-28-16-15-27(21-38-28)32-14-6-7-17-46-32/h8-13,15-16,18-19,21,29,32H,6-7,14,17,20,22-23H2,1-5H3,(H,39,40,41)/t29-,32?/m1/s1. The first kappa shape index (κ1) is 33.5. The Morgan fingerprint density at radius 3 is 2.44 bits per heavy atom. The van der Waals surface area contributed by atoms with E-state index in [1.165, 1.54) is 12.1 Å². The number of aromatic nitrogens is 3. The highest BCUT2D eigenvalue weighted by Gasteiger charge is 2.32.